The first-order valence-electron chi connectivity index (χ1n) is 8.83. The zero-order valence-electron chi connectivity index (χ0n) is 15.5. The van der Waals surface area contributed by atoms with Gasteiger partial charge in [0.25, 0.3) is 0 Å². The number of carbonyl (C=O) groups excluding carboxylic acids is 1. The monoisotopic (exact) mass is 414 g/mol. The van der Waals surface area contributed by atoms with E-state index >= 15 is 0 Å². The molecule has 5 nitrogen and oxygen atoms in total. The van der Waals surface area contributed by atoms with E-state index in [-0.39, 0.29) is 12.0 Å². The lowest BCUT2D eigenvalue weighted by Gasteiger charge is -2.36. The number of carbonyl (C=O) groups is 1. The molecule has 2 unspecified atom stereocenters. The van der Waals surface area contributed by atoms with Crippen LogP contribution in [-0.4, -0.2) is 48.7 Å². The van der Waals surface area contributed by atoms with E-state index in [0.29, 0.717) is 42.3 Å². The van der Waals surface area contributed by atoms with Crippen LogP contribution < -0.4 is 0 Å². The van der Waals surface area contributed by atoms with Gasteiger partial charge in [-0.1, -0.05) is 12.1 Å². The van der Waals surface area contributed by atoms with Crippen LogP contribution in [0.15, 0.2) is 29.6 Å². The molecule has 1 aliphatic rings. The average Bonchev–Trinajstić information content (AvgIpc) is 3.19. The topological polar surface area (TPSA) is 51.7 Å². The lowest BCUT2D eigenvalue weighted by molar-refractivity contribution is -0.138. The van der Waals surface area contributed by atoms with E-state index in [1.807, 2.05) is 12.1 Å². The predicted molar refractivity (Wildman–Crippen MR) is 98.3 cm³/mol. The van der Waals surface area contributed by atoms with Crippen molar-refractivity contribution in [3.63, 3.8) is 0 Å². The maximum Gasteiger partial charge on any atom is 0.443 e. The summed E-state index contributed by atoms with van der Waals surface area (Å²) < 4.78 is 48.7. The number of hydrogen-bond donors (Lipinski definition) is 0. The number of benzene rings is 1. The molecule has 0 N–H and O–H groups in total. The fraction of sp³-hybridized carbons (Fsp3) is 0.474. The molecule has 2 heterocycles. The Labute approximate surface area is 165 Å². The van der Waals surface area contributed by atoms with Crippen molar-refractivity contribution in [2.45, 2.75) is 31.7 Å². The highest BCUT2D eigenvalue weighted by Crippen LogP contribution is 2.34. The number of methoxy groups -OCH3 is 1. The summed E-state index contributed by atoms with van der Waals surface area (Å²) in [5.74, 6) is -0.378. The van der Waals surface area contributed by atoms with E-state index in [1.54, 1.807) is 12.1 Å². The third kappa shape index (κ3) is 4.89. The Morgan fingerprint density at radius 2 is 2.11 bits per heavy atom. The van der Waals surface area contributed by atoms with Crippen molar-refractivity contribution < 1.29 is 27.4 Å². The Kier molecular flexibility index (Phi) is 6.36. The third-order valence-electron chi connectivity index (χ3n) is 4.72. The molecule has 9 heteroatoms. The van der Waals surface area contributed by atoms with Crippen LogP contribution in [0.4, 0.5) is 13.2 Å². The molecule has 0 spiro atoms. The molecular formula is C19H21F3N2O3S. The lowest BCUT2D eigenvalue weighted by atomic mass is 10.0. The Morgan fingerprint density at radius 1 is 1.39 bits per heavy atom. The van der Waals surface area contributed by atoms with Crippen molar-refractivity contribution in [1.82, 2.24) is 9.88 Å². The number of morpholine rings is 1. The smallest absolute Gasteiger partial charge is 0.443 e. The molecule has 1 aromatic heterocycles. The lowest BCUT2D eigenvalue weighted by Crippen LogP contribution is -2.44. The molecule has 1 fully saturated rings. The molecule has 0 saturated carbocycles. The largest absolute Gasteiger partial charge is 0.465 e. The second-order valence-electron chi connectivity index (χ2n) is 6.67. The fourth-order valence-corrected chi connectivity index (χ4v) is 3.91. The number of aromatic nitrogens is 1. The first kappa shape index (κ1) is 20.8. The van der Waals surface area contributed by atoms with Gasteiger partial charge in [-0.15, -0.1) is 11.3 Å². The molecule has 0 aliphatic carbocycles. The molecule has 152 valence electrons. The fourth-order valence-electron chi connectivity index (χ4n) is 3.18. The summed E-state index contributed by atoms with van der Waals surface area (Å²) >= 11 is 0.595. The minimum absolute atomic E-state index is 0.163. The zero-order chi connectivity index (χ0) is 20.3. The zero-order valence-corrected chi connectivity index (χ0v) is 16.3. The Bertz CT molecular complexity index is 808. The van der Waals surface area contributed by atoms with Crippen molar-refractivity contribution in [2.75, 3.05) is 26.8 Å². The van der Waals surface area contributed by atoms with E-state index in [9.17, 15) is 18.0 Å². The SMILES string of the molecule is COC(=O)c1ccc(CC(C)N2CCOC(c3csc(C(F)(F)F)n3)C2)cc1. The molecule has 1 saturated heterocycles. The van der Waals surface area contributed by atoms with Gasteiger partial charge >= 0.3 is 12.1 Å². The molecule has 0 amide bonds. The highest BCUT2D eigenvalue weighted by molar-refractivity contribution is 7.09. The van der Waals surface area contributed by atoms with Crippen molar-refractivity contribution in [2.24, 2.45) is 0 Å². The van der Waals surface area contributed by atoms with Gasteiger partial charge in [0.15, 0.2) is 5.01 Å². The average molecular weight is 414 g/mol. The summed E-state index contributed by atoms with van der Waals surface area (Å²) in [5, 5.41) is 0.578. The number of thiazole rings is 1. The molecule has 1 aromatic carbocycles. The number of esters is 1. The van der Waals surface area contributed by atoms with Crippen LogP contribution in [0.1, 0.15) is 39.7 Å². The first-order chi connectivity index (χ1) is 13.3. The summed E-state index contributed by atoms with van der Waals surface area (Å²) in [6, 6.07) is 7.39. The van der Waals surface area contributed by atoms with Gasteiger partial charge in [0.2, 0.25) is 0 Å². The van der Waals surface area contributed by atoms with Gasteiger partial charge < -0.3 is 9.47 Å². The standard InChI is InChI=1S/C19H21F3N2O3S/c1-12(9-13-3-5-14(6-4-13)17(25)26-2)24-7-8-27-16(10-24)15-11-28-18(23-15)19(20,21)22/h3-6,11-12,16H,7-10H2,1-2H3. The van der Waals surface area contributed by atoms with Crippen LogP contribution in [0, 0.1) is 0 Å². The summed E-state index contributed by atoms with van der Waals surface area (Å²) in [5.41, 5.74) is 1.89. The molecule has 1 aliphatic heterocycles. The number of ether oxygens (including phenoxy) is 2. The quantitative estimate of drug-likeness (QED) is 0.694. The van der Waals surface area contributed by atoms with Gasteiger partial charge in [0.1, 0.15) is 6.10 Å². The maximum atomic E-state index is 12.8. The minimum Gasteiger partial charge on any atom is -0.465 e. The predicted octanol–water partition coefficient (Wildman–Crippen LogP) is 3.95. The van der Waals surface area contributed by atoms with Crippen LogP contribution in [0.25, 0.3) is 0 Å². The molecule has 3 rings (SSSR count). The number of hydrogen-bond acceptors (Lipinski definition) is 6. The van der Waals surface area contributed by atoms with E-state index in [1.165, 1.54) is 12.5 Å². The number of nitrogens with zero attached hydrogens (tertiary/aromatic N) is 2. The number of rotatable bonds is 5. The van der Waals surface area contributed by atoms with E-state index in [2.05, 4.69) is 16.8 Å². The first-order valence-corrected chi connectivity index (χ1v) is 9.71. The molecule has 2 aromatic rings. The minimum atomic E-state index is -4.43. The third-order valence-corrected chi connectivity index (χ3v) is 5.63. The summed E-state index contributed by atoms with van der Waals surface area (Å²) in [4.78, 5) is 17.4. The van der Waals surface area contributed by atoms with Gasteiger partial charge in [-0.2, -0.15) is 13.2 Å². The van der Waals surface area contributed by atoms with Crippen LogP contribution >= 0.6 is 11.3 Å². The molecule has 0 bridgehead atoms. The molecule has 2 atom stereocenters. The van der Waals surface area contributed by atoms with Gasteiger partial charge in [-0.05, 0) is 31.0 Å². The summed E-state index contributed by atoms with van der Waals surface area (Å²) in [7, 11) is 1.34. The Hall–Kier alpha value is -1.97. The highest BCUT2D eigenvalue weighted by Gasteiger charge is 2.36. The van der Waals surface area contributed by atoms with Crippen LogP contribution in [0.3, 0.4) is 0 Å². The van der Waals surface area contributed by atoms with Gasteiger partial charge in [-0.25, -0.2) is 9.78 Å². The van der Waals surface area contributed by atoms with Gasteiger partial charge in [0.05, 0.1) is 25.0 Å². The van der Waals surface area contributed by atoms with Crippen LogP contribution in [0.2, 0.25) is 0 Å². The van der Waals surface area contributed by atoms with Gasteiger partial charge in [-0.3, -0.25) is 4.90 Å². The van der Waals surface area contributed by atoms with Crippen molar-refractivity contribution in [3.05, 3.63) is 51.5 Å². The highest BCUT2D eigenvalue weighted by atomic mass is 32.1. The van der Waals surface area contributed by atoms with Crippen molar-refractivity contribution in [1.29, 1.82) is 0 Å². The molecule has 0 radical (unpaired) electrons. The normalized spacial score (nSPS) is 19.4. The van der Waals surface area contributed by atoms with Gasteiger partial charge in [0, 0.05) is 24.5 Å². The summed E-state index contributed by atoms with van der Waals surface area (Å²) in [6.45, 7) is 3.70. The maximum absolute atomic E-state index is 12.8. The second kappa shape index (κ2) is 8.59. The van der Waals surface area contributed by atoms with E-state index in [4.69, 9.17) is 9.47 Å². The van der Waals surface area contributed by atoms with E-state index in [0.717, 1.165) is 12.0 Å². The van der Waals surface area contributed by atoms with Crippen LogP contribution in [-0.2, 0) is 22.1 Å². The summed E-state index contributed by atoms with van der Waals surface area (Å²) in [6.07, 6.45) is -4.15. The Balaban J connectivity index is 1.62. The second-order valence-corrected chi connectivity index (χ2v) is 7.53. The molecular weight excluding hydrogens is 393 g/mol. The van der Waals surface area contributed by atoms with E-state index < -0.39 is 17.3 Å². The molecule has 28 heavy (non-hydrogen) atoms. The Morgan fingerprint density at radius 3 is 2.71 bits per heavy atom. The van der Waals surface area contributed by atoms with Crippen LogP contribution in [0.5, 0.6) is 0 Å². The van der Waals surface area contributed by atoms with Crippen molar-refractivity contribution >= 4 is 17.3 Å². The number of halogens is 3. The number of alkyl halides is 3. The van der Waals surface area contributed by atoms with Crippen molar-refractivity contribution in [3.8, 4) is 0 Å².